The minimum Gasteiger partial charge on any atom is -0.493 e. The van der Waals surface area contributed by atoms with Gasteiger partial charge in [-0.1, -0.05) is 17.7 Å². The first-order valence-electron chi connectivity index (χ1n) is 5.84. The van der Waals surface area contributed by atoms with Gasteiger partial charge in [0.05, 0.1) is 12.4 Å². The molecule has 1 rings (SSSR count). The highest BCUT2D eigenvalue weighted by Gasteiger charge is 2.03. The second-order valence-electron chi connectivity index (χ2n) is 4.01. The molecule has 1 N–H and O–H groups in total. The first kappa shape index (κ1) is 14.7. The van der Waals surface area contributed by atoms with Crippen LogP contribution >= 0.6 is 0 Å². The molecule has 0 aromatic heterocycles. The van der Waals surface area contributed by atoms with Crippen molar-refractivity contribution in [1.29, 1.82) is 0 Å². The second kappa shape index (κ2) is 7.87. The van der Waals surface area contributed by atoms with Crippen LogP contribution in [0.2, 0.25) is 0 Å². The summed E-state index contributed by atoms with van der Waals surface area (Å²) in [6.45, 7) is 2.39. The van der Waals surface area contributed by atoms with Crippen molar-refractivity contribution in [3.8, 4) is 5.75 Å². The Bertz CT molecular complexity index is 400. The van der Waals surface area contributed by atoms with E-state index >= 15 is 0 Å². The van der Waals surface area contributed by atoms with E-state index in [1.54, 1.807) is 0 Å². The maximum atomic E-state index is 11.5. The van der Waals surface area contributed by atoms with Crippen molar-refractivity contribution >= 4 is 16.8 Å². The van der Waals surface area contributed by atoms with Crippen molar-refractivity contribution in [2.75, 3.05) is 18.1 Å². The largest absolute Gasteiger partial charge is 0.493 e. The first-order chi connectivity index (χ1) is 8.58. The molecule has 1 atom stereocenters. The highest BCUT2D eigenvalue weighted by atomic mass is 32.2. The summed E-state index contributed by atoms with van der Waals surface area (Å²) in [6.07, 6.45) is 0.525. The molecule has 0 spiro atoms. The predicted molar refractivity (Wildman–Crippen MR) is 71.4 cm³/mol. The van der Waals surface area contributed by atoms with Crippen LogP contribution in [0.5, 0.6) is 5.75 Å². The lowest BCUT2D eigenvalue weighted by Gasteiger charge is -2.06. The predicted octanol–water partition coefficient (Wildman–Crippen LogP) is 1.99. The molecule has 18 heavy (non-hydrogen) atoms. The number of carboxylic acids is 1. The molecule has 0 heterocycles. The Kier molecular flexibility index (Phi) is 6.43. The molecule has 1 aromatic rings. The van der Waals surface area contributed by atoms with Gasteiger partial charge in [0.1, 0.15) is 5.75 Å². The number of hydrogen-bond donors (Lipinski definition) is 1. The van der Waals surface area contributed by atoms with Gasteiger partial charge in [-0.05, 0) is 25.5 Å². The van der Waals surface area contributed by atoms with Gasteiger partial charge in [0.15, 0.2) is 0 Å². The molecule has 0 fully saturated rings. The van der Waals surface area contributed by atoms with Crippen molar-refractivity contribution in [3.05, 3.63) is 29.8 Å². The van der Waals surface area contributed by atoms with Gasteiger partial charge in [0, 0.05) is 23.0 Å². The fourth-order valence-electron chi connectivity index (χ4n) is 1.37. The molecule has 5 heteroatoms. The third kappa shape index (κ3) is 6.39. The normalized spacial score (nSPS) is 12.1. The zero-order chi connectivity index (χ0) is 13.4. The van der Waals surface area contributed by atoms with E-state index in [4.69, 9.17) is 9.84 Å². The average molecular weight is 270 g/mol. The van der Waals surface area contributed by atoms with E-state index in [9.17, 15) is 9.00 Å². The van der Waals surface area contributed by atoms with Crippen LogP contribution < -0.4 is 4.74 Å². The minimum atomic E-state index is -1.00. The summed E-state index contributed by atoms with van der Waals surface area (Å²) >= 11 is 0. The Hall–Kier alpha value is -1.36. The van der Waals surface area contributed by atoms with E-state index < -0.39 is 16.8 Å². The maximum Gasteiger partial charge on any atom is 0.303 e. The lowest BCUT2D eigenvalue weighted by molar-refractivity contribution is -0.137. The minimum absolute atomic E-state index is 0.0740. The highest BCUT2D eigenvalue weighted by Crippen LogP contribution is 2.11. The lowest BCUT2D eigenvalue weighted by Crippen LogP contribution is -2.11. The van der Waals surface area contributed by atoms with Gasteiger partial charge in [-0.3, -0.25) is 9.00 Å². The Morgan fingerprint density at radius 2 is 1.94 bits per heavy atom. The van der Waals surface area contributed by atoms with Crippen LogP contribution in [0.25, 0.3) is 0 Å². The number of aliphatic carboxylic acids is 1. The zero-order valence-electron chi connectivity index (χ0n) is 10.4. The molecule has 100 valence electrons. The molecule has 1 unspecified atom stereocenters. The number of rotatable bonds is 8. The number of aryl methyl sites for hydroxylation is 1. The molecule has 0 aliphatic carbocycles. The van der Waals surface area contributed by atoms with Crippen LogP contribution in [0.1, 0.15) is 18.4 Å². The van der Waals surface area contributed by atoms with Gasteiger partial charge < -0.3 is 9.84 Å². The molecule has 0 aliphatic rings. The third-order valence-electron chi connectivity index (χ3n) is 2.36. The van der Waals surface area contributed by atoms with Crippen LogP contribution in [-0.2, 0) is 15.6 Å². The SMILES string of the molecule is Cc1ccc(OCCS(=O)CCCC(=O)O)cc1. The molecular formula is C13H18O4S. The first-order valence-corrected chi connectivity index (χ1v) is 7.33. The molecule has 0 radical (unpaired) electrons. The van der Waals surface area contributed by atoms with Gasteiger partial charge >= 0.3 is 5.97 Å². The van der Waals surface area contributed by atoms with Crippen LogP contribution in [-0.4, -0.2) is 33.4 Å². The fraction of sp³-hybridized carbons (Fsp3) is 0.462. The number of ether oxygens (including phenoxy) is 1. The fourth-order valence-corrected chi connectivity index (χ4v) is 2.31. The zero-order valence-corrected chi connectivity index (χ0v) is 11.2. The van der Waals surface area contributed by atoms with Gasteiger partial charge in [0.2, 0.25) is 0 Å². The van der Waals surface area contributed by atoms with Crippen LogP contribution in [0.4, 0.5) is 0 Å². The smallest absolute Gasteiger partial charge is 0.303 e. The number of carbonyl (C=O) groups is 1. The molecule has 1 aromatic carbocycles. The lowest BCUT2D eigenvalue weighted by atomic mass is 10.2. The Morgan fingerprint density at radius 3 is 2.56 bits per heavy atom. The van der Waals surface area contributed by atoms with Gasteiger partial charge in [-0.15, -0.1) is 0 Å². The van der Waals surface area contributed by atoms with E-state index in [1.807, 2.05) is 31.2 Å². The van der Waals surface area contributed by atoms with Crippen LogP contribution in [0, 0.1) is 6.92 Å². The maximum absolute atomic E-state index is 11.5. The molecule has 0 saturated carbocycles. The van der Waals surface area contributed by atoms with Crippen molar-refractivity contribution in [3.63, 3.8) is 0 Å². The van der Waals surface area contributed by atoms with Crippen molar-refractivity contribution in [1.82, 2.24) is 0 Å². The van der Waals surface area contributed by atoms with Crippen LogP contribution in [0.15, 0.2) is 24.3 Å². The van der Waals surface area contributed by atoms with Gasteiger partial charge in [-0.25, -0.2) is 0 Å². The average Bonchev–Trinajstić information content (AvgIpc) is 2.31. The highest BCUT2D eigenvalue weighted by molar-refractivity contribution is 7.84. The summed E-state index contributed by atoms with van der Waals surface area (Å²) < 4.78 is 17.0. The second-order valence-corrected chi connectivity index (χ2v) is 5.70. The van der Waals surface area contributed by atoms with Gasteiger partial charge in [0.25, 0.3) is 0 Å². The van der Waals surface area contributed by atoms with Crippen molar-refractivity contribution in [2.45, 2.75) is 19.8 Å². The topological polar surface area (TPSA) is 63.6 Å². The standard InChI is InChI=1S/C13H18O4S/c1-11-4-6-12(7-5-11)17-8-10-18(16)9-2-3-13(14)15/h4-7H,2-3,8-10H2,1H3,(H,14,15). The molecule has 0 saturated heterocycles. The summed E-state index contributed by atoms with van der Waals surface area (Å²) in [6, 6.07) is 7.67. The molecule has 0 amide bonds. The summed E-state index contributed by atoms with van der Waals surface area (Å²) in [5.41, 5.74) is 1.17. The van der Waals surface area contributed by atoms with Crippen molar-refractivity contribution < 1.29 is 18.8 Å². The quantitative estimate of drug-likeness (QED) is 0.784. The van der Waals surface area contributed by atoms with Crippen molar-refractivity contribution in [2.24, 2.45) is 0 Å². The summed E-state index contributed by atoms with van der Waals surface area (Å²) in [5, 5.41) is 8.45. The Labute approximate surface area is 109 Å². The Balaban J connectivity index is 2.15. The summed E-state index contributed by atoms with van der Waals surface area (Å²) in [5.74, 6) is 0.780. The van der Waals surface area contributed by atoms with E-state index in [-0.39, 0.29) is 6.42 Å². The van der Waals surface area contributed by atoms with Crippen LogP contribution in [0.3, 0.4) is 0 Å². The van der Waals surface area contributed by atoms with E-state index in [1.165, 1.54) is 5.56 Å². The van der Waals surface area contributed by atoms with E-state index in [0.29, 0.717) is 24.5 Å². The third-order valence-corrected chi connectivity index (χ3v) is 3.73. The molecular weight excluding hydrogens is 252 g/mol. The molecule has 0 bridgehead atoms. The summed E-state index contributed by atoms with van der Waals surface area (Å²) in [7, 11) is -1.00. The molecule has 0 aliphatic heterocycles. The monoisotopic (exact) mass is 270 g/mol. The summed E-state index contributed by atoms with van der Waals surface area (Å²) in [4.78, 5) is 10.3. The van der Waals surface area contributed by atoms with E-state index in [2.05, 4.69) is 0 Å². The number of carboxylic acid groups (broad SMARTS) is 1. The molecule has 4 nitrogen and oxygen atoms in total. The number of benzene rings is 1. The van der Waals surface area contributed by atoms with E-state index in [0.717, 1.165) is 5.75 Å². The number of hydrogen-bond acceptors (Lipinski definition) is 3. The Morgan fingerprint density at radius 1 is 1.28 bits per heavy atom. The van der Waals surface area contributed by atoms with Gasteiger partial charge in [-0.2, -0.15) is 0 Å².